The molecule has 0 bridgehead atoms. The van der Waals surface area contributed by atoms with Crippen LogP contribution in [0.5, 0.6) is 0 Å². The molecule has 1 aromatic rings. The summed E-state index contributed by atoms with van der Waals surface area (Å²) in [6, 6.07) is 5.16. The topological polar surface area (TPSA) is 70.2 Å². The molecule has 0 saturated carbocycles. The third-order valence-corrected chi connectivity index (χ3v) is 4.16. The second kappa shape index (κ2) is 7.29. The highest BCUT2D eigenvalue weighted by Gasteiger charge is 2.29. The monoisotopic (exact) mass is 303 g/mol. The highest BCUT2D eigenvalue weighted by molar-refractivity contribution is 6.05. The van der Waals surface area contributed by atoms with Crippen LogP contribution in [-0.4, -0.2) is 24.4 Å². The summed E-state index contributed by atoms with van der Waals surface area (Å²) in [5.41, 5.74) is 2.11. The van der Waals surface area contributed by atoms with E-state index in [2.05, 4.69) is 36.7 Å². The van der Waals surface area contributed by atoms with Crippen LogP contribution in [0.3, 0.4) is 0 Å². The molecule has 0 radical (unpaired) electrons. The number of rotatable bonds is 6. The molecule has 1 aliphatic rings. The Kier molecular flexibility index (Phi) is 5.41. The van der Waals surface area contributed by atoms with E-state index in [4.69, 9.17) is 0 Å². The standard InChI is InChI=1S/C17H25N3O2/c1-4-6-9-18-16(21)12-7-8-13-14(10-12)20-17(22)15(19-13)11(3)5-2/h7-8,10-11,15,19H,4-6,9H2,1-3H3,(H,18,21)(H,20,22)/t11-,15+/m1/s1. The lowest BCUT2D eigenvalue weighted by Crippen LogP contribution is -2.43. The summed E-state index contributed by atoms with van der Waals surface area (Å²) in [7, 11) is 0. The molecule has 5 nitrogen and oxygen atoms in total. The van der Waals surface area contributed by atoms with Gasteiger partial charge in [0.15, 0.2) is 0 Å². The highest BCUT2D eigenvalue weighted by atomic mass is 16.2. The van der Waals surface area contributed by atoms with Crippen molar-refractivity contribution in [1.82, 2.24) is 5.32 Å². The smallest absolute Gasteiger partial charge is 0.251 e. The Morgan fingerprint density at radius 1 is 1.32 bits per heavy atom. The van der Waals surface area contributed by atoms with Crippen LogP contribution in [0.1, 0.15) is 50.4 Å². The summed E-state index contributed by atoms with van der Waals surface area (Å²) in [5, 5.41) is 9.06. The molecule has 2 atom stereocenters. The summed E-state index contributed by atoms with van der Waals surface area (Å²) in [4.78, 5) is 24.2. The molecule has 22 heavy (non-hydrogen) atoms. The van der Waals surface area contributed by atoms with Gasteiger partial charge in [-0.2, -0.15) is 0 Å². The molecule has 1 heterocycles. The SMILES string of the molecule is CCCCNC(=O)c1ccc2c(c1)NC(=O)[C@H]([C@H](C)CC)N2. The Hall–Kier alpha value is -2.04. The van der Waals surface area contributed by atoms with Crippen LogP contribution in [0.4, 0.5) is 11.4 Å². The minimum Gasteiger partial charge on any atom is -0.372 e. The van der Waals surface area contributed by atoms with Gasteiger partial charge in [-0.3, -0.25) is 9.59 Å². The number of hydrogen-bond donors (Lipinski definition) is 3. The van der Waals surface area contributed by atoms with Crippen LogP contribution >= 0.6 is 0 Å². The van der Waals surface area contributed by atoms with E-state index in [1.165, 1.54) is 0 Å². The van der Waals surface area contributed by atoms with E-state index in [9.17, 15) is 9.59 Å². The number of benzene rings is 1. The molecule has 0 unspecified atom stereocenters. The van der Waals surface area contributed by atoms with Crippen LogP contribution in [0, 0.1) is 5.92 Å². The van der Waals surface area contributed by atoms with Crippen molar-refractivity contribution in [3.8, 4) is 0 Å². The van der Waals surface area contributed by atoms with Crippen molar-refractivity contribution in [2.75, 3.05) is 17.2 Å². The van der Waals surface area contributed by atoms with E-state index in [1.807, 2.05) is 6.07 Å². The molecule has 1 aromatic carbocycles. The number of fused-ring (bicyclic) bond motifs is 1. The zero-order chi connectivity index (χ0) is 16.1. The fraction of sp³-hybridized carbons (Fsp3) is 0.529. The largest absolute Gasteiger partial charge is 0.372 e. The second-order valence-electron chi connectivity index (χ2n) is 5.87. The van der Waals surface area contributed by atoms with Gasteiger partial charge < -0.3 is 16.0 Å². The van der Waals surface area contributed by atoms with Crippen molar-refractivity contribution in [2.45, 2.75) is 46.1 Å². The number of carbonyl (C=O) groups excluding carboxylic acids is 2. The van der Waals surface area contributed by atoms with Gasteiger partial charge in [0.25, 0.3) is 5.91 Å². The lowest BCUT2D eigenvalue weighted by molar-refractivity contribution is -0.118. The first-order chi connectivity index (χ1) is 10.6. The van der Waals surface area contributed by atoms with Crippen molar-refractivity contribution in [3.05, 3.63) is 23.8 Å². The van der Waals surface area contributed by atoms with Crippen LogP contribution in [0.15, 0.2) is 18.2 Å². The molecule has 0 saturated heterocycles. The fourth-order valence-corrected chi connectivity index (χ4v) is 2.48. The minimum absolute atomic E-state index is 0.0367. The van der Waals surface area contributed by atoms with Crippen molar-refractivity contribution >= 4 is 23.2 Å². The maximum atomic E-state index is 12.2. The number of hydrogen-bond acceptors (Lipinski definition) is 3. The van der Waals surface area contributed by atoms with E-state index in [0.29, 0.717) is 17.8 Å². The molecule has 1 aliphatic heterocycles. The van der Waals surface area contributed by atoms with Crippen molar-refractivity contribution in [1.29, 1.82) is 0 Å². The average Bonchev–Trinajstić information content (AvgIpc) is 2.53. The van der Waals surface area contributed by atoms with E-state index in [1.54, 1.807) is 12.1 Å². The Morgan fingerprint density at radius 2 is 2.09 bits per heavy atom. The first-order valence-electron chi connectivity index (χ1n) is 8.06. The average molecular weight is 303 g/mol. The van der Waals surface area contributed by atoms with Gasteiger partial charge in [0, 0.05) is 12.1 Å². The van der Waals surface area contributed by atoms with Crippen molar-refractivity contribution in [3.63, 3.8) is 0 Å². The molecule has 5 heteroatoms. The van der Waals surface area contributed by atoms with E-state index in [0.717, 1.165) is 24.9 Å². The molecule has 0 fully saturated rings. The number of amides is 2. The second-order valence-corrected chi connectivity index (χ2v) is 5.87. The maximum Gasteiger partial charge on any atom is 0.251 e. The predicted octanol–water partition coefficient (Wildman–Crippen LogP) is 3.00. The summed E-state index contributed by atoms with van der Waals surface area (Å²) in [6.45, 7) is 6.88. The Morgan fingerprint density at radius 3 is 2.77 bits per heavy atom. The zero-order valence-electron chi connectivity index (χ0n) is 13.5. The van der Waals surface area contributed by atoms with Crippen molar-refractivity contribution in [2.24, 2.45) is 5.92 Å². The van der Waals surface area contributed by atoms with Crippen LogP contribution in [-0.2, 0) is 4.79 Å². The Balaban J connectivity index is 2.11. The van der Waals surface area contributed by atoms with E-state index < -0.39 is 0 Å². The third kappa shape index (κ3) is 3.59. The van der Waals surface area contributed by atoms with Gasteiger partial charge in [-0.05, 0) is 30.5 Å². The minimum atomic E-state index is -0.221. The van der Waals surface area contributed by atoms with Crippen LogP contribution in [0.2, 0.25) is 0 Å². The maximum absolute atomic E-state index is 12.2. The van der Waals surface area contributed by atoms with Crippen molar-refractivity contribution < 1.29 is 9.59 Å². The van der Waals surface area contributed by atoms with Gasteiger partial charge in [0.1, 0.15) is 6.04 Å². The van der Waals surface area contributed by atoms with Crippen LogP contribution < -0.4 is 16.0 Å². The molecular weight excluding hydrogens is 278 g/mol. The summed E-state index contributed by atoms with van der Waals surface area (Å²) >= 11 is 0. The van der Waals surface area contributed by atoms with E-state index in [-0.39, 0.29) is 23.8 Å². The fourth-order valence-electron chi connectivity index (χ4n) is 2.48. The Labute approximate surface area is 131 Å². The van der Waals surface area contributed by atoms with Gasteiger partial charge in [-0.15, -0.1) is 0 Å². The lowest BCUT2D eigenvalue weighted by Gasteiger charge is -2.30. The Bertz CT molecular complexity index is 557. The van der Waals surface area contributed by atoms with Gasteiger partial charge in [0.05, 0.1) is 11.4 Å². The normalized spacial score (nSPS) is 18.0. The summed E-state index contributed by atoms with van der Waals surface area (Å²) in [6.07, 6.45) is 2.94. The highest BCUT2D eigenvalue weighted by Crippen LogP contribution is 2.30. The molecule has 2 amide bonds. The van der Waals surface area contributed by atoms with Gasteiger partial charge in [0.2, 0.25) is 5.91 Å². The summed E-state index contributed by atoms with van der Waals surface area (Å²) in [5.74, 6) is 0.116. The molecule has 3 N–H and O–H groups in total. The number of unbranched alkanes of at least 4 members (excludes halogenated alkanes) is 1. The number of nitrogens with one attached hydrogen (secondary N) is 3. The zero-order valence-corrected chi connectivity index (χ0v) is 13.5. The quantitative estimate of drug-likeness (QED) is 0.708. The van der Waals surface area contributed by atoms with Gasteiger partial charge in [-0.25, -0.2) is 0 Å². The number of carbonyl (C=O) groups is 2. The molecule has 0 aliphatic carbocycles. The lowest BCUT2D eigenvalue weighted by atomic mass is 9.95. The molecule has 2 rings (SSSR count). The summed E-state index contributed by atoms with van der Waals surface area (Å²) < 4.78 is 0. The van der Waals surface area contributed by atoms with E-state index >= 15 is 0 Å². The van der Waals surface area contributed by atoms with Gasteiger partial charge >= 0.3 is 0 Å². The first kappa shape index (κ1) is 16.3. The molecular formula is C17H25N3O2. The molecule has 0 spiro atoms. The van der Waals surface area contributed by atoms with Crippen LogP contribution in [0.25, 0.3) is 0 Å². The predicted molar refractivity (Wildman–Crippen MR) is 89.2 cm³/mol. The van der Waals surface area contributed by atoms with Gasteiger partial charge in [-0.1, -0.05) is 33.6 Å². The molecule has 0 aromatic heterocycles. The molecule has 120 valence electrons. The number of anilines is 2. The third-order valence-electron chi connectivity index (χ3n) is 4.16. The first-order valence-corrected chi connectivity index (χ1v) is 8.06.